The predicted molar refractivity (Wildman–Crippen MR) is 279 cm³/mol. The third kappa shape index (κ3) is 5.29. The highest BCUT2D eigenvalue weighted by atomic mass is 16.5. The number of nitrogens with zero attached hydrogens (tertiary/aromatic N) is 1. The van der Waals surface area contributed by atoms with E-state index < -0.39 is 5.41 Å². The Balaban J connectivity index is 1.04. The number of ether oxygens (including phenoxy) is 1. The first kappa shape index (κ1) is 39.5. The van der Waals surface area contributed by atoms with Gasteiger partial charge in [-0.1, -0.05) is 203 Å². The second-order valence-corrected chi connectivity index (χ2v) is 19.9. The smallest absolute Gasteiger partial charge is 0.140 e. The molecule has 0 bridgehead atoms. The van der Waals surface area contributed by atoms with E-state index in [1.54, 1.807) is 0 Å². The molecule has 0 saturated carbocycles. The molecule has 9 aromatic carbocycles. The first-order valence-electron chi connectivity index (χ1n) is 23.6. The van der Waals surface area contributed by atoms with Crippen LogP contribution in [0.3, 0.4) is 0 Å². The van der Waals surface area contributed by atoms with Gasteiger partial charge < -0.3 is 9.64 Å². The van der Waals surface area contributed by atoms with Crippen LogP contribution >= 0.6 is 0 Å². The molecule has 1 heterocycles. The summed E-state index contributed by atoms with van der Waals surface area (Å²) in [7, 11) is 0. The number of allylic oxidation sites excluding steroid dienone is 3. The van der Waals surface area contributed by atoms with Gasteiger partial charge >= 0.3 is 0 Å². The van der Waals surface area contributed by atoms with Gasteiger partial charge in [-0.3, -0.25) is 0 Å². The van der Waals surface area contributed by atoms with Crippen LogP contribution in [-0.2, 0) is 16.2 Å². The molecule has 0 aromatic heterocycles. The van der Waals surface area contributed by atoms with E-state index in [0.717, 1.165) is 72.3 Å². The highest BCUT2D eigenvalue weighted by Crippen LogP contribution is 2.63. The first-order valence-corrected chi connectivity index (χ1v) is 23.6. The van der Waals surface area contributed by atoms with Crippen LogP contribution in [0.1, 0.15) is 79.1 Å². The largest absolute Gasteiger partial charge is 0.455 e. The van der Waals surface area contributed by atoms with Crippen LogP contribution in [0.2, 0.25) is 0 Å². The van der Waals surface area contributed by atoms with Crippen molar-refractivity contribution in [3.8, 4) is 46.1 Å². The molecule has 2 heteroatoms. The second kappa shape index (κ2) is 14.1. The lowest BCUT2D eigenvalue weighted by Gasteiger charge is -2.41. The van der Waals surface area contributed by atoms with Gasteiger partial charge in [-0.2, -0.15) is 0 Å². The number of hydrogen-bond acceptors (Lipinski definition) is 2. The minimum atomic E-state index is -0.762. The zero-order valence-electron chi connectivity index (χ0n) is 38.5. The van der Waals surface area contributed by atoms with Crippen LogP contribution in [-0.4, -0.2) is 6.04 Å². The maximum Gasteiger partial charge on any atom is 0.140 e. The molecule has 320 valence electrons. The number of rotatable bonds is 5. The van der Waals surface area contributed by atoms with Gasteiger partial charge in [0.2, 0.25) is 0 Å². The Bertz CT molecular complexity index is 3530. The molecule has 13 rings (SSSR count). The molecule has 1 spiro atoms. The molecule has 3 aliphatic carbocycles. The van der Waals surface area contributed by atoms with E-state index in [2.05, 4.69) is 240 Å². The molecule has 67 heavy (non-hydrogen) atoms. The van der Waals surface area contributed by atoms with Crippen molar-refractivity contribution < 1.29 is 4.74 Å². The lowest BCUT2D eigenvalue weighted by atomic mass is 9.64. The molecule has 4 aliphatic rings. The minimum absolute atomic E-state index is 0.0967. The van der Waals surface area contributed by atoms with Crippen LogP contribution < -0.4 is 9.64 Å². The van der Waals surface area contributed by atoms with Gasteiger partial charge in [0.15, 0.2) is 0 Å². The molecule has 0 radical (unpaired) electrons. The molecule has 1 atom stereocenters. The van der Waals surface area contributed by atoms with Crippen LogP contribution in [0.4, 0.5) is 11.4 Å². The normalized spacial score (nSPS) is 16.4. The van der Waals surface area contributed by atoms with Gasteiger partial charge in [0.25, 0.3) is 0 Å². The predicted octanol–water partition coefficient (Wildman–Crippen LogP) is 16.2. The van der Waals surface area contributed by atoms with Gasteiger partial charge in [-0.15, -0.1) is 6.42 Å². The summed E-state index contributed by atoms with van der Waals surface area (Å²) in [6, 6.07) is 66.9. The fraction of sp³-hybridized carbons (Fsp3) is 0.138. The summed E-state index contributed by atoms with van der Waals surface area (Å²) < 4.78 is 7.25. The molecular weight excluding hydrogens is 811 g/mol. The van der Waals surface area contributed by atoms with E-state index in [9.17, 15) is 0 Å². The second-order valence-electron chi connectivity index (χ2n) is 19.9. The SMILES string of the molecule is C#CC1=C(/C=C\C(C)N(c2ccc3c(c2)-c2ccccc2C3(C)C)c2ccc3c(c2)-c2ccccc2C3(C)C)C2(c3ccccc31)c1ccc3ccccc3c1Oc1c2ccc2ccccc12. The van der Waals surface area contributed by atoms with Gasteiger partial charge in [0, 0.05) is 55.7 Å². The molecule has 0 amide bonds. The maximum absolute atomic E-state index is 7.25. The Kier molecular flexibility index (Phi) is 8.30. The first-order chi connectivity index (χ1) is 32.6. The summed E-state index contributed by atoms with van der Waals surface area (Å²) in [5.41, 5.74) is 18.4. The van der Waals surface area contributed by atoms with Crippen molar-refractivity contribution in [2.24, 2.45) is 0 Å². The molecule has 0 fully saturated rings. The summed E-state index contributed by atoms with van der Waals surface area (Å²) in [4.78, 5) is 2.52. The summed E-state index contributed by atoms with van der Waals surface area (Å²) in [6.45, 7) is 11.7. The minimum Gasteiger partial charge on any atom is -0.455 e. The fourth-order valence-electron chi connectivity index (χ4n) is 12.7. The standard InChI is InChI=1S/C65H49NO/c1-7-45-48-22-14-17-27-57(48)65(59-34-29-41-18-8-10-20-46(41)61(59)67-62-47-21-11-9-19-42(47)30-35-60(62)65)58(45)33-28-40(2)66(43-31-36-55-51(38-43)49-23-12-15-25-53(49)63(55,3)4)44-32-37-56-52(39-44)50-24-13-16-26-54(50)64(56,5)6/h1,8-40H,2-6H3/b33-28-. The number of hydrogen-bond donors (Lipinski definition) is 0. The number of anilines is 2. The summed E-state index contributed by atoms with van der Waals surface area (Å²) in [5, 5.41) is 4.43. The maximum atomic E-state index is 7.25. The van der Waals surface area contributed by atoms with Gasteiger partial charge in [0.05, 0.1) is 5.41 Å². The average molecular weight is 860 g/mol. The van der Waals surface area contributed by atoms with Crippen molar-refractivity contribution in [3.63, 3.8) is 0 Å². The van der Waals surface area contributed by atoms with Crippen LogP contribution in [0.25, 0.3) is 49.4 Å². The van der Waals surface area contributed by atoms with E-state index in [4.69, 9.17) is 11.2 Å². The van der Waals surface area contributed by atoms with Crippen molar-refractivity contribution in [3.05, 3.63) is 244 Å². The Morgan fingerprint density at radius 1 is 0.478 bits per heavy atom. The van der Waals surface area contributed by atoms with Gasteiger partial charge in [-0.05, 0) is 103 Å². The number of benzene rings is 9. The average Bonchev–Trinajstić information content (AvgIpc) is 3.87. The van der Waals surface area contributed by atoms with E-state index in [-0.39, 0.29) is 16.9 Å². The van der Waals surface area contributed by atoms with Crippen molar-refractivity contribution in [2.75, 3.05) is 4.90 Å². The van der Waals surface area contributed by atoms with E-state index in [0.29, 0.717) is 0 Å². The molecule has 0 saturated heterocycles. The highest BCUT2D eigenvalue weighted by molar-refractivity contribution is 6.02. The summed E-state index contributed by atoms with van der Waals surface area (Å²) >= 11 is 0. The summed E-state index contributed by atoms with van der Waals surface area (Å²) in [6.07, 6.45) is 11.5. The number of fused-ring (bicyclic) bond motifs is 16. The molecule has 2 nitrogen and oxygen atoms in total. The molecular formula is C65H49NO. The monoisotopic (exact) mass is 859 g/mol. The fourth-order valence-corrected chi connectivity index (χ4v) is 12.7. The Morgan fingerprint density at radius 3 is 1.43 bits per heavy atom. The third-order valence-electron chi connectivity index (χ3n) is 15.8. The van der Waals surface area contributed by atoms with Crippen LogP contribution in [0.5, 0.6) is 11.5 Å². The van der Waals surface area contributed by atoms with Crippen molar-refractivity contribution in [2.45, 2.75) is 56.9 Å². The van der Waals surface area contributed by atoms with Crippen molar-refractivity contribution in [1.82, 2.24) is 0 Å². The topological polar surface area (TPSA) is 12.5 Å². The molecule has 1 aliphatic heterocycles. The van der Waals surface area contributed by atoms with E-state index >= 15 is 0 Å². The Morgan fingerprint density at radius 2 is 0.910 bits per heavy atom. The zero-order chi connectivity index (χ0) is 45.4. The quantitative estimate of drug-likeness (QED) is 0.160. The molecule has 9 aromatic rings. The summed E-state index contributed by atoms with van der Waals surface area (Å²) in [5.74, 6) is 5.01. The lowest BCUT2D eigenvalue weighted by Crippen LogP contribution is -2.33. The Hall–Kier alpha value is -7.86. The zero-order valence-corrected chi connectivity index (χ0v) is 38.5. The van der Waals surface area contributed by atoms with Gasteiger partial charge in [-0.25, -0.2) is 0 Å². The van der Waals surface area contributed by atoms with Crippen LogP contribution in [0.15, 0.2) is 200 Å². The molecule has 0 N–H and O–H groups in total. The van der Waals surface area contributed by atoms with E-state index in [1.165, 1.54) is 50.1 Å². The Labute approximate surface area is 393 Å². The number of terminal acetylenes is 1. The highest BCUT2D eigenvalue weighted by Gasteiger charge is 2.52. The third-order valence-corrected chi connectivity index (χ3v) is 15.8. The lowest BCUT2D eigenvalue weighted by molar-refractivity contribution is 0.446. The van der Waals surface area contributed by atoms with Gasteiger partial charge in [0.1, 0.15) is 11.5 Å². The molecule has 1 unspecified atom stereocenters. The van der Waals surface area contributed by atoms with Crippen LogP contribution in [0, 0.1) is 12.3 Å². The van der Waals surface area contributed by atoms with Crippen molar-refractivity contribution in [1.29, 1.82) is 0 Å². The van der Waals surface area contributed by atoms with Crippen molar-refractivity contribution >= 4 is 38.5 Å². The van der Waals surface area contributed by atoms with E-state index in [1.807, 2.05) is 0 Å².